The first kappa shape index (κ1) is 10.7. The van der Waals surface area contributed by atoms with E-state index >= 15 is 0 Å². The maximum Gasteiger partial charge on any atom is 0.253 e. The number of benzene rings is 1. The Morgan fingerprint density at radius 3 is 3.07 bits per heavy atom. The van der Waals surface area contributed by atoms with Crippen molar-refractivity contribution in [2.75, 3.05) is 7.11 Å². The molecule has 5 heteroatoms. The van der Waals surface area contributed by atoms with Gasteiger partial charge in [0.2, 0.25) is 0 Å². The van der Waals surface area contributed by atoms with Gasteiger partial charge in [-0.25, -0.2) is 0 Å². The maximum atomic E-state index is 11.4. The number of fused-ring (bicyclic) bond motifs is 1. The fraction of sp³-hybridized carbons (Fsp3) is 0.300. The number of aromatic hydroxyl groups is 1. The fourth-order valence-electron chi connectivity index (χ4n) is 1.69. The number of nitrogens with one attached hydrogen (secondary N) is 1. The molecule has 15 heavy (non-hydrogen) atoms. The SMILES string of the molecule is COCc1cc(I)c2c(c1O)CNC2=O. The summed E-state index contributed by atoms with van der Waals surface area (Å²) in [5, 5.41) is 12.6. The van der Waals surface area contributed by atoms with Gasteiger partial charge >= 0.3 is 0 Å². The van der Waals surface area contributed by atoms with E-state index in [0.29, 0.717) is 24.3 Å². The van der Waals surface area contributed by atoms with Crippen LogP contribution in [-0.2, 0) is 17.9 Å². The van der Waals surface area contributed by atoms with Gasteiger partial charge in [-0.1, -0.05) is 0 Å². The Kier molecular flexibility index (Phi) is 2.83. The maximum absolute atomic E-state index is 11.4. The van der Waals surface area contributed by atoms with Crippen LogP contribution in [0.3, 0.4) is 0 Å². The first-order valence-corrected chi connectivity index (χ1v) is 5.53. The predicted octanol–water partition coefficient (Wildman–Crippen LogP) is 1.39. The largest absolute Gasteiger partial charge is 0.507 e. The van der Waals surface area contributed by atoms with Crippen LogP contribution in [0.25, 0.3) is 0 Å². The zero-order valence-electron chi connectivity index (χ0n) is 8.13. The van der Waals surface area contributed by atoms with Gasteiger partial charge in [0.25, 0.3) is 5.91 Å². The molecule has 0 aliphatic carbocycles. The van der Waals surface area contributed by atoms with Crippen LogP contribution >= 0.6 is 22.6 Å². The van der Waals surface area contributed by atoms with Crippen LogP contribution in [0.2, 0.25) is 0 Å². The van der Waals surface area contributed by atoms with E-state index in [0.717, 1.165) is 9.13 Å². The highest BCUT2D eigenvalue weighted by atomic mass is 127. The lowest BCUT2D eigenvalue weighted by Crippen LogP contribution is -2.13. The summed E-state index contributed by atoms with van der Waals surface area (Å²) in [7, 11) is 1.57. The molecule has 1 heterocycles. The van der Waals surface area contributed by atoms with E-state index < -0.39 is 0 Å². The van der Waals surface area contributed by atoms with E-state index in [2.05, 4.69) is 27.9 Å². The molecule has 0 bridgehead atoms. The van der Waals surface area contributed by atoms with Gasteiger partial charge in [0.05, 0.1) is 12.2 Å². The highest BCUT2D eigenvalue weighted by Crippen LogP contribution is 2.33. The second kappa shape index (κ2) is 3.97. The number of phenols is 1. The second-order valence-corrected chi connectivity index (χ2v) is 4.50. The van der Waals surface area contributed by atoms with E-state index in [-0.39, 0.29) is 11.7 Å². The first-order valence-electron chi connectivity index (χ1n) is 4.45. The number of halogens is 1. The highest BCUT2D eigenvalue weighted by Gasteiger charge is 2.26. The van der Waals surface area contributed by atoms with Crippen LogP contribution in [0.4, 0.5) is 0 Å². The number of hydrogen-bond acceptors (Lipinski definition) is 3. The summed E-state index contributed by atoms with van der Waals surface area (Å²) in [5.74, 6) is 0.0549. The van der Waals surface area contributed by atoms with E-state index in [1.54, 1.807) is 13.2 Å². The summed E-state index contributed by atoms with van der Waals surface area (Å²) in [6.45, 7) is 0.747. The molecule has 1 aromatic carbocycles. The van der Waals surface area contributed by atoms with Crippen LogP contribution in [0.5, 0.6) is 5.75 Å². The molecule has 1 aliphatic heterocycles. The Bertz CT molecular complexity index is 431. The lowest BCUT2D eigenvalue weighted by molar-refractivity contribution is 0.0965. The summed E-state index contributed by atoms with van der Waals surface area (Å²) < 4.78 is 5.83. The molecular weight excluding hydrogens is 309 g/mol. The third-order valence-corrected chi connectivity index (χ3v) is 3.23. The topological polar surface area (TPSA) is 58.6 Å². The Labute approximate surface area is 101 Å². The van der Waals surface area contributed by atoms with Gasteiger partial charge in [-0.3, -0.25) is 4.79 Å². The van der Waals surface area contributed by atoms with Crippen molar-refractivity contribution in [2.45, 2.75) is 13.2 Å². The highest BCUT2D eigenvalue weighted by molar-refractivity contribution is 14.1. The van der Waals surface area contributed by atoms with Crippen molar-refractivity contribution in [3.8, 4) is 5.75 Å². The number of rotatable bonds is 2. The third kappa shape index (κ3) is 1.69. The Hall–Kier alpha value is -0.820. The van der Waals surface area contributed by atoms with Crippen molar-refractivity contribution < 1.29 is 14.6 Å². The summed E-state index contributed by atoms with van der Waals surface area (Å²) in [6.07, 6.45) is 0. The number of carbonyl (C=O) groups is 1. The first-order chi connectivity index (χ1) is 7.15. The summed E-state index contributed by atoms with van der Waals surface area (Å²) in [5.41, 5.74) is 1.99. The van der Waals surface area contributed by atoms with Gasteiger partial charge in [-0.05, 0) is 28.7 Å². The minimum Gasteiger partial charge on any atom is -0.507 e. The van der Waals surface area contributed by atoms with Gasteiger partial charge in [-0.2, -0.15) is 0 Å². The van der Waals surface area contributed by atoms with Crippen LogP contribution in [0.15, 0.2) is 6.07 Å². The minimum atomic E-state index is -0.117. The summed E-state index contributed by atoms with van der Waals surface area (Å²) in [4.78, 5) is 11.4. The standard InChI is InChI=1S/C10H10INO3/c1-15-4-5-2-7(11)8-6(9(5)13)3-12-10(8)14/h2,13H,3-4H2,1H3,(H,12,14). The van der Waals surface area contributed by atoms with Crippen molar-refractivity contribution >= 4 is 28.5 Å². The molecule has 1 aromatic rings. The average molecular weight is 319 g/mol. The number of carbonyl (C=O) groups excluding carboxylic acids is 1. The van der Waals surface area contributed by atoms with E-state index in [1.807, 2.05) is 0 Å². The van der Waals surface area contributed by atoms with Crippen molar-refractivity contribution in [3.05, 3.63) is 26.3 Å². The molecule has 0 fully saturated rings. The number of hydrogen-bond donors (Lipinski definition) is 2. The molecule has 0 spiro atoms. The van der Waals surface area contributed by atoms with E-state index in [9.17, 15) is 9.90 Å². The van der Waals surface area contributed by atoms with E-state index in [1.165, 1.54) is 0 Å². The Balaban J connectivity index is 2.58. The summed E-state index contributed by atoms with van der Waals surface area (Å²) in [6, 6.07) is 1.78. The lowest BCUT2D eigenvalue weighted by Gasteiger charge is -2.09. The molecule has 0 unspecified atom stereocenters. The monoisotopic (exact) mass is 319 g/mol. The van der Waals surface area contributed by atoms with Gasteiger partial charge in [0.1, 0.15) is 5.75 Å². The van der Waals surface area contributed by atoms with E-state index in [4.69, 9.17) is 4.74 Å². The molecule has 0 aromatic heterocycles. The number of amides is 1. The smallest absolute Gasteiger partial charge is 0.253 e. The van der Waals surface area contributed by atoms with Crippen LogP contribution in [0.1, 0.15) is 21.5 Å². The van der Waals surface area contributed by atoms with Gasteiger partial charge < -0.3 is 15.2 Å². The molecule has 4 nitrogen and oxygen atoms in total. The summed E-state index contributed by atoms with van der Waals surface area (Å²) >= 11 is 2.10. The van der Waals surface area contributed by atoms with Crippen molar-refractivity contribution in [1.82, 2.24) is 5.32 Å². The second-order valence-electron chi connectivity index (χ2n) is 3.34. The number of phenolic OH excluding ortho intramolecular Hbond substituents is 1. The predicted molar refractivity (Wildman–Crippen MR) is 62.7 cm³/mol. The molecule has 2 N–H and O–H groups in total. The van der Waals surface area contributed by atoms with Crippen molar-refractivity contribution in [3.63, 3.8) is 0 Å². The molecule has 80 valence electrons. The lowest BCUT2D eigenvalue weighted by atomic mass is 10.0. The molecule has 2 rings (SSSR count). The normalized spacial score (nSPS) is 13.9. The molecule has 1 amide bonds. The Morgan fingerprint density at radius 1 is 1.67 bits per heavy atom. The van der Waals surface area contributed by atoms with Crippen molar-refractivity contribution in [2.24, 2.45) is 0 Å². The van der Waals surface area contributed by atoms with Crippen LogP contribution < -0.4 is 5.32 Å². The van der Waals surface area contributed by atoms with Gasteiger partial charge in [0, 0.05) is 28.4 Å². The Morgan fingerprint density at radius 2 is 2.40 bits per heavy atom. The molecule has 0 atom stereocenters. The van der Waals surface area contributed by atoms with Crippen molar-refractivity contribution in [1.29, 1.82) is 0 Å². The van der Waals surface area contributed by atoms with Gasteiger partial charge in [0.15, 0.2) is 0 Å². The van der Waals surface area contributed by atoms with Gasteiger partial charge in [-0.15, -0.1) is 0 Å². The number of methoxy groups -OCH3 is 1. The molecule has 0 saturated carbocycles. The molecule has 1 aliphatic rings. The minimum absolute atomic E-state index is 0.117. The average Bonchev–Trinajstić information content (AvgIpc) is 2.57. The molecular formula is C10H10INO3. The zero-order chi connectivity index (χ0) is 11.0. The van der Waals surface area contributed by atoms with Crippen LogP contribution in [-0.4, -0.2) is 18.1 Å². The molecule has 0 radical (unpaired) electrons. The molecule has 0 saturated heterocycles. The fourth-order valence-corrected chi connectivity index (χ4v) is 2.64. The quantitative estimate of drug-likeness (QED) is 0.810. The third-order valence-electron chi connectivity index (χ3n) is 2.38. The van der Waals surface area contributed by atoms with Crippen LogP contribution in [0, 0.1) is 3.57 Å². The number of ether oxygens (including phenoxy) is 1. The zero-order valence-corrected chi connectivity index (χ0v) is 10.3.